The van der Waals surface area contributed by atoms with Gasteiger partial charge in [-0.15, -0.1) is 0 Å². The zero-order chi connectivity index (χ0) is 9.14. The summed E-state index contributed by atoms with van der Waals surface area (Å²) >= 11 is 0. The third-order valence-electron chi connectivity index (χ3n) is 2.35. The lowest BCUT2D eigenvalue weighted by Crippen LogP contribution is -2.38. The van der Waals surface area contributed by atoms with E-state index in [-0.39, 0.29) is 17.9 Å². The van der Waals surface area contributed by atoms with Gasteiger partial charge in [-0.2, -0.15) is 0 Å². The highest BCUT2D eigenvalue weighted by atomic mass is 16.5. The number of ether oxygens (including phenoxy) is 1. The van der Waals surface area contributed by atoms with Crippen LogP contribution in [0.3, 0.4) is 0 Å². The molecule has 0 aromatic carbocycles. The molecule has 4 nitrogen and oxygen atoms in total. The smallest absolute Gasteiger partial charge is 0.311 e. The predicted octanol–water partition coefficient (Wildman–Crippen LogP) is -0.691. The number of methoxy groups -OCH3 is 1. The molecule has 0 aromatic rings. The van der Waals surface area contributed by atoms with E-state index in [1.54, 1.807) is 0 Å². The minimum Gasteiger partial charge on any atom is -0.469 e. The topological polar surface area (TPSA) is 41.6 Å². The van der Waals surface area contributed by atoms with Crippen LogP contribution >= 0.6 is 0 Å². The van der Waals surface area contributed by atoms with Crippen molar-refractivity contribution in [3.05, 3.63) is 0 Å². The fourth-order valence-electron chi connectivity index (χ4n) is 1.60. The van der Waals surface area contributed by atoms with Gasteiger partial charge in [0.15, 0.2) is 0 Å². The van der Waals surface area contributed by atoms with Crippen molar-refractivity contribution in [2.45, 2.75) is 6.04 Å². The maximum atomic E-state index is 11.2. The molecule has 1 fully saturated rings. The fourth-order valence-corrected chi connectivity index (χ4v) is 1.60. The maximum Gasteiger partial charge on any atom is 0.311 e. The van der Waals surface area contributed by atoms with Gasteiger partial charge in [-0.1, -0.05) is 0 Å². The van der Waals surface area contributed by atoms with Crippen molar-refractivity contribution in [1.29, 1.82) is 0 Å². The van der Waals surface area contributed by atoms with Gasteiger partial charge in [0.1, 0.15) is 0 Å². The van der Waals surface area contributed by atoms with Crippen LogP contribution in [0.25, 0.3) is 0 Å². The fraction of sp³-hybridized carbons (Fsp3) is 0.875. The predicted molar refractivity (Wildman–Crippen MR) is 45.9 cm³/mol. The molecule has 1 heterocycles. The van der Waals surface area contributed by atoms with E-state index < -0.39 is 0 Å². The Morgan fingerprint density at radius 3 is 2.67 bits per heavy atom. The molecule has 1 rings (SSSR count). The van der Waals surface area contributed by atoms with Crippen molar-refractivity contribution < 1.29 is 9.53 Å². The van der Waals surface area contributed by atoms with E-state index in [2.05, 4.69) is 10.2 Å². The standard InChI is InChI=1S/C8H16N2O2/c1-10(2)7-5-9-4-6(7)8(11)12-3/h6-7,9H,4-5H2,1-3H3/t6-,7-/m1/s1. The quantitative estimate of drug-likeness (QED) is 0.560. The van der Waals surface area contributed by atoms with Crippen LogP contribution in [-0.4, -0.2) is 51.2 Å². The van der Waals surface area contributed by atoms with Gasteiger partial charge in [-0.25, -0.2) is 0 Å². The molecular formula is C8H16N2O2. The number of esters is 1. The number of hydrogen-bond donors (Lipinski definition) is 1. The highest BCUT2D eigenvalue weighted by molar-refractivity contribution is 5.73. The minimum atomic E-state index is -0.112. The van der Waals surface area contributed by atoms with Gasteiger partial charge in [0.25, 0.3) is 0 Å². The highest BCUT2D eigenvalue weighted by Gasteiger charge is 2.34. The Labute approximate surface area is 72.9 Å². The number of rotatable bonds is 2. The van der Waals surface area contributed by atoms with Crippen LogP contribution in [0.2, 0.25) is 0 Å². The lowest BCUT2D eigenvalue weighted by molar-refractivity contribution is -0.146. The van der Waals surface area contributed by atoms with E-state index >= 15 is 0 Å². The Kier molecular flexibility index (Phi) is 3.05. The van der Waals surface area contributed by atoms with Crippen molar-refractivity contribution in [1.82, 2.24) is 10.2 Å². The molecule has 0 radical (unpaired) electrons. The van der Waals surface area contributed by atoms with Gasteiger partial charge in [0.05, 0.1) is 13.0 Å². The van der Waals surface area contributed by atoms with Crippen molar-refractivity contribution in [2.24, 2.45) is 5.92 Å². The Morgan fingerprint density at radius 2 is 2.17 bits per heavy atom. The molecule has 0 aliphatic carbocycles. The highest BCUT2D eigenvalue weighted by Crippen LogP contribution is 2.14. The molecule has 1 saturated heterocycles. The molecule has 0 bridgehead atoms. The maximum absolute atomic E-state index is 11.2. The molecular weight excluding hydrogens is 156 g/mol. The van der Waals surface area contributed by atoms with Crippen molar-refractivity contribution >= 4 is 5.97 Å². The Bertz CT molecular complexity index is 170. The van der Waals surface area contributed by atoms with Gasteiger partial charge in [-0.05, 0) is 14.1 Å². The Hall–Kier alpha value is -0.610. The molecule has 0 spiro atoms. The van der Waals surface area contributed by atoms with E-state index in [0.717, 1.165) is 13.1 Å². The molecule has 4 heteroatoms. The Morgan fingerprint density at radius 1 is 1.50 bits per heavy atom. The van der Waals surface area contributed by atoms with E-state index in [9.17, 15) is 4.79 Å². The molecule has 1 aliphatic rings. The molecule has 0 amide bonds. The summed E-state index contributed by atoms with van der Waals surface area (Å²) in [6.45, 7) is 1.60. The summed E-state index contributed by atoms with van der Waals surface area (Å²) in [5.41, 5.74) is 0. The first-order valence-corrected chi connectivity index (χ1v) is 4.11. The summed E-state index contributed by atoms with van der Waals surface area (Å²) in [6, 6.07) is 0.275. The molecule has 1 aliphatic heterocycles. The van der Waals surface area contributed by atoms with Crippen LogP contribution in [0.4, 0.5) is 0 Å². The van der Waals surface area contributed by atoms with E-state index in [1.807, 2.05) is 14.1 Å². The summed E-state index contributed by atoms with van der Waals surface area (Å²) in [5, 5.41) is 3.18. The van der Waals surface area contributed by atoms with Gasteiger partial charge in [0.2, 0.25) is 0 Å². The summed E-state index contributed by atoms with van der Waals surface area (Å²) in [4.78, 5) is 13.3. The van der Waals surface area contributed by atoms with Crippen LogP contribution in [-0.2, 0) is 9.53 Å². The second kappa shape index (κ2) is 3.87. The van der Waals surface area contributed by atoms with Crippen LogP contribution in [0.15, 0.2) is 0 Å². The van der Waals surface area contributed by atoms with E-state index in [1.165, 1.54) is 7.11 Å². The molecule has 0 unspecified atom stereocenters. The summed E-state index contributed by atoms with van der Waals surface area (Å²) in [6.07, 6.45) is 0. The van der Waals surface area contributed by atoms with Crippen molar-refractivity contribution in [2.75, 3.05) is 34.3 Å². The average Bonchev–Trinajstić information content (AvgIpc) is 2.50. The van der Waals surface area contributed by atoms with Crippen molar-refractivity contribution in [3.8, 4) is 0 Å². The first-order chi connectivity index (χ1) is 5.66. The third kappa shape index (κ3) is 1.76. The molecule has 1 N–H and O–H groups in total. The first-order valence-electron chi connectivity index (χ1n) is 4.11. The van der Waals surface area contributed by atoms with Gasteiger partial charge in [0, 0.05) is 19.1 Å². The van der Waals surface area contributed by atoms with Gasteiger partial charge >= 0.3 is 5.97 Å². The van der Waals surface area contributed by atoms with Crippen LogP contribution in [0.1, 0.15) is 0 Å². The normalized spacial score (nSPS) is 29.3. The number of likely N-dealkylation sites (N-methyl/N-ethyl adjacent to an activating group) is 1. The van der Waals surface area contributed by atoms with Crippen molar-refractivity contribution in [3.63, 3.8) is 0 Å². The van der Waals surface area contributed by atoms with Crippen LogP contribution < -0.4 is 5.32 Å². The Balaban J connectivity index is 2.57. The first kappa shape index (κ1) is 9.48. The molecule has 0 saturated carbocycles. The largest absolute Gasteiger partial charge is 0.469 e. The second-order valence-corrected chi connectivity index (χ2v) is 3.32. The zero-order valence-corrected chi connectivity index (χ0v) is 7.83. The lowest BCUT2D eigenvalue weighted by atomic mass is 10.0. The monoisotopic (exact) mass is 172 g/mol. The second-order valence-electron chi connectivity index (χ2n) is 3.32. The van der Waals surface area contributed by atoms with Crippen LogP contribution in [0.5, 0.6) is 0 Å². The lowest BCUT2D eigenvalue weighted by Gasteiger charge is -2.22. The van der Waals surface area contributed by atoms with Gasteiger partial charge in [-0.3, -0.25) is 4.79 Å². The summed E-state index contributed by atoms with van der Waals surface area (Å²) in [7, 11) is 5.40. The van der Waals surface area contributed by atoms with Gasteiger partial charge < -0.3 is 15.0 Å². The molecule has 70 valence electrons. The summed E-state index contributed by atoms with van der Waals surface area (Å²) < 4.78 is 4.71. The molecule has 12 heavy (non-hydrogen) atoms. The van der Waals surface area contributed by atoms with Crippen LogP contribution in [0, 0.1) is 5.92 Å². The summed E-state index contributed by atoms with van der Waals surface area (Å²) in [5.74, 6) is -0.122. The third-order valence-corrected chi connectivity index (χ3v) is 2.35. The number of carbonyl (C=O) groups is 1. The molecule has 2 atom stereocenters. The van der Waals surface area contributed by atoms with E-state index in [4.69, 9.17) is 4.74 Å². The van der Waals surface area contributed by atoms with E-state index in [0.29, 0.717) is 0 Å². The number of nitrogens with zero attached hydrogens (tertiary/aromatic N) is 1. The SMILES string of the molecule is COC(=O)[C@@H]1CNC[C@H]1N(C)C. The number of hydrogen-bond acceptors (Lipinski definition) is 4. The molecule has 0 aromatic heterocycles. The minimum absolute atomic E-state index is 0.00926. The number of carbonyl (C=O) groups excluding carboxylic acids is 1. The number of nitrogens with one attached hydrogen (secondary N) is 1. The average molecular weight is 172 g/mol. The zero-order valence-electron chi connectivity index (χ0n) is 7.83.